The molecule has 0 aliphatic carbocycles. The van der Waals surface area contributed by atoms with Crippen molar-refractivity contribution < 1.29 is 14.5 Å². The molecule has 0 spiro atoms. The third-order valence-corrected chi connectivity index (χ3v) is 6.30. The summed E-state index contributed by atoms with van der Waals surface area (Å²) < 4.78 is 0. The monoisotopic (exact) mass is 427 g/mol. The number of rotatable bonds is 4. The Morgan fingerprint density at radius 3 is 2.42 bits per heavy atom. The Balaban J connectivity index is 1.35. The lowest BCUT2D eigenvalue weighted by Gasteiger charge is -2.38. The predicted octanol–water partition coefficient (Wildman–Crippen LogP) is 2.34. The van der Waals surface area contributed by atoms with Crippen molar-refractivity contribution in [1.29, 1.82) is 0 Å². The lowest BCUT2D eigenvalue weighted by Crippen LogP contribution is -2.53. The van der Waals surface area contributed by atoms with Gasteiger partial charge in [0, 0.05) is 50.7 Å². The number of carbonyl (C=O) groups is 2. The number of nitrogens with one attached hydrogen (secondary N) is 1. The van der Waals surface area contributed by atoms with E-state index in [0.29, 0.717) is 61.2 Å². The lowest BCUT2D eigenvalue weighted by atomic mass is 9.92. The number of aromatic nitrogens is 1. The number of nitro groups is 1. The Labute approximate surface area is 181 Å². The summed E-state index contributed by atoms with van der Waals surface area (Å²) in [6.07, 6.45) is 1.17. The van der Waals surface area contributed by atoms with Crippen LogP contribution in [0.3, 0.4) is 0 Å². The summed E-state index contributed by atoms with van der Waals surface area (Å²) in [6.45, 7) is 8.75. The van der Waals surface area contributed by atoms with E-state index < -0.39 is 4.92 Å². The summed E-state index contributed by atoms with van der Waals surface area (Å²) in [7, 11) is 0. The van der Waals surface area contributed by atoms with Gasteiger partial charge in [-0.1, -0.05) is 26.0 Å². The highest BCUT2D eigenvalue weighted by Gasteiger charge is 2.29. The van der Waals surface area contributed by atoms with Crippen molar-refractivity contribution in [3.8, 4) is 0 Å². The zero-order chi connectivity index (χ0) is 22.1. The largest absolute Gasteiger partial charge is 0.345 e. The lowest BCUT2D eigenvalue weighted by molar-refractivity contribution is -0.383. The number of para-hydroxylation sites is 1. The Morgan fingerprint density at radius 1 is 1.10 bits per heavy atom. The minimum absolute atomic E-state index is 0.0405. The highest BCUT2D eigenvalue weighted by Crippen LogP contribution is 2.26. The summed E-state index contributed by atoms with van der Waals surface area (Å²) in [5.74, 6) is 1.07. The molecular weight excluding hydrogens is 398 g/mol. The number of non-ortho nitro benzene ring substituents is 1. The summed E-state index contributed by atoms with van der Waals surface area (Å²) in [5.41, 5.74) is 0.677. The zero-order valence-electron chi connectivity index (χ0n) is 18.0. The number of likely N-dealkylation sites (tertiary alicyclic amines) is 1. The molecule has 4 rings (SSSR count). The van der Waals surface area contributed by atoms with Crippen LogP contribution in [0.5, 0.6) is 0 Å². The molecule has 0 bridgehead atoms. The minimum atomic E-state index is -0.452. The molecule has 3 heterocycles. The minimum Gasteiger partial charge on any atom is -0.345 e. The molecule has 2 aliphatic heterocycles. The molecule has 2 amide bonds. The van der Waals surface area contributed by atoms with Crippen molar-refractivity contribution in [2.24, 2.45) is 11.8 Å². The van der Waals surface area contributed by atoms with Crippen LogP contribution in [0.1, 0.15) is 30.8 Å². The molecule has 2 atom stereocenters. The van der Waals surface area contributed by atoms with Gasteiger partial charge in [-0.2, -0.15) is 0 Å². The first-order chi connectivity index (χ1) is 14.8. The Kier molecular flexibility index (Phi) is 5.95. The van der Waals surface area contributed by atoms with E-state index in [2.05, 4.69) is 23.7 Å². The number of piperazine rings is 1. The number of carbonyl (C=O) groups excluding carboxylic acids is 2. The van der Waals surface area contributed by atoms with Gasteiger partial charge < -0.3 is 14.8 Å². The topological polar surface area (TPSA) is 103 Å². The smallest absolute Gasteiger partial charge is 0.293 e. The van der Waals surface area contributed by atoms with E-state index >= 15 is 0 Å². The van der Waals surface area contributed by atoms with E-state index in [4.69, 9.17) is 0 Å². The zero-order valence-corrected chi connectivity index (χ0v) is 18.0. The fraction of sp³-hybridized carbons (Fsp3) is 0.545. The fourth-order valence-electron chi connectivity index (χ4n) is 4.84. The van der Waals surface area contributed by atoms with Crippen LogP contribution >= 0.6 is 0 Å². The van der Waals surface area contributed by atoms with Gasteiger partial charge in [0.2, 0.25) is 5.91 Å². The number of hydrogen-bond donors (Lipinski definition) is 1. The van der Waals surface area contributed by atoms with Crippen LogP contribution in [0.2, 0.25) is 0 Å². The van der Waals surface area contributed by atoms with Crippen molar-refractivity contribution in [3.63, 3.8) is 0 Å². The van der Waals surface area contributed by atoms with Crippen molar-refractivity contribution in [3.05, 3.63) is 40.1 Å². The third kappa shape index (κ3) is 4.56. The van der Waals surface area contributed by atoms with Gasteiger partial charge >= 0.3 is 0 Å². The second-order valence-electron chi connectivity index (χ2n) is 8.99. The van der Waals surface area contributed by atoms with Crippen LogP contribution in [0, 0.1) is 22.0 Å². The van der Waals surface area contributed by atoms with Gasteiger partial charge in [-0.3, -0.25) is 24.6 Å². The summed E-state index contributed by atoms with van der Waals surface area (Å²) in [6, 6.07) is 6.45. The Bertz CT molecular complexity index is 985. The number of piperidine rings is 1. The van der Waals surface area contributed by atoms with E-state index in [9.17, 15) is 19.7 Å². The van der Waals surface area contributed by atoms with Gasteiger partial charge in [0.1, 0.15) is 11.2 Å². The number of H-pyrrole nitrogens is 1. The predicted molar refractivity (Wildman–Crippen MR) is 117 cm³/mol. The maximum Gasteiger partial charge on any atom is 0.293 e. The highest BCUT2D eigenvalue weighted by molar-refractivity contribution is 6.00. The van der Waals surface area contributed by atoms with Gasteiger partial charge in [-0.05, 0) is 24.3 Å². The average molecular weight is 428 g/mol. The molecule has 1 aromatic heterocycles. The first-order valence-corrected chi connectivity index (χ1v) is 10.9. The van der Waals surface area contributed by atoms with Crippen molar-refractivity contribution >= 4 is 28.4 Å². The average Bonchev–Trinajstić information content (AvgIpc) is 3.17. The number of fused-ring (bicyclic) bond motifs is 1. The SMILES string of the molecule is C[C@@H]1C[C@@H](C)CN(C(=O)CN2CCN(C(=O)c3cc4cccc([N+](=O)[O-])c4[nH]3)CC2)C1. The van der Waals surface area contributed by atoms with Crippen molar-refractivity contribution in [1.82, 2.24) is 19.7 Å². The Morgan fingerprint density at radius 2 is 1.77 bits per heavy atom. The maximum atomic E-state index is 12.9. The van der Waals surface area contributed by atoms with Gasteiger partial charge in [0.05, 0.1) is 11.5 Å². The molecule has 2 aliphatic rings. The van der Waals surface area contributed by atoms with Gasteiger partial charge in [0.15, 0.2) is 0 Å². The van der Waals surface area contributed by atoms with Crippen LogP contribution in [0.15, 0.2) is 24.3 Å². The molecule has 166 valence electrons. The van der Waals surface area contributed by atoms with Crippen LogP contribution in [-0.4, -0.2) is 82.2 Å². The van der Waals surface area contributed by atoms with Crippen LogP contribution in [0.25, 0.3) is 10.9 Å². The first kappa shape index (κ1) is 21.3. The van der Waals surface area contributed by atoms with E-state index in [0.717, 1.165) is 13.1 Å². The molecule has 0 saturated carbocycles. The summed E-state index contributed by atoms with van der Waals surface area (Å²) >= 11 is 0. The van der Waals surface area contributed by atoms with Crippen LogP contribution < -0.4 is 0 Å². The molecule has 2 aromatic rings. The van der Waals surface area contributed by atoms with E-state index in [1.807, 2.05) is 4.90 Å². The number of nitrogens with zero attached hydrogens (tertiary/aromatic N) is 4. The Hall–Kier alpha value is -2.94. The highest BCUT2D eigenvalue weighted by atomic mass is 16.6. The summed E-state index contributed by atoms with van der Waals surface area (Å²) in [4.78, 5) is 45.2. The molecule has 2 fully saturated rings. The van der Waals surface area contributed by atoms with Crippen molar-refractivity contribution in [2.45, 2.75) is 20.3 Å². The van der Waals surface area contributed by atoms with Crippen LogP contribution in [-0.2, 0) is 4.79 Å². The number of hydrogen-bond acceptors (Lipinski definition) is 5. The van der Waals surface area contributed by atoms with Gasteiger partial charge in [-0.25, -0.2) is 0 Å². The number of amides is 2. The second-order valence-corrected chi connectivity index (χ2v) is 8.99. The third-order valence-electron chi connectivity index (χ3n) is 6.30. The quantitative estimate of drug-likeness (QED) is 0.596. The molecule has 0 radical (unpaired) electrons. The number of benzene rings is 1. The van der Waals surface area contributed by atoms with E-state index in [1.54, 1.807) is 23.1 Å². The van der Waals surface area contributed by atoms with E-state index in [1.165, 1.54) is 12.5 Å². The number of aromatic amines is 1. The number of nitro benzene ring substituents is 1. The van der Waals surface area contributed by atoms with Gasteiger partial charge in [0.25, 0.3) is 11.6 Å². The normalized spacial score (nSPS) is 22.6. The molecule has 9 heteroatoms. The van der Waals surface area contributed by atoms with E-state index in [-0.39, 0.29) is 17.5 Å². The first-order valence-electron chi connectivity index (χ1n) is 10.9. The van der Waals surface area contributed by atoms with Crippen LogP contribution in [0.4, 0.5) is 5.69 Å². The molecular formula is C22H29N5O4. The van der Waals surface area contributed by atoms with Crippen molar-refractivity contribution in [2.75, 3.05) is 45.8 Å². The molecule has 31 heavy (non-hydrogen) atoms. The van der Waals surface area contributed by atoms with Gasteiger partial charge in [-0.15, -0.1) is 0 Å². The second kappa shape index (κ2) is 8.66. The molecule has 0 unspecified atom stereocenters. The maximum absolute atomic E-state index is 12.9. The molecule has 2 saturated heterocycles. The molecule has 1 N–H and O–H groups in total. The fourth-order valence-corrected chi connectivity index (χ4v) is 4.84. The molecule has 1 aromatic carbocycles. The summed E-state index contributed by atoms with van der Waals surface area (Å²) in [5, 5.41) is 11.9. The molecule has 9 nitrogen and oxygen atoms in total. The standard InChI is InChI=1S/C22H29N5O4/c1-15-10-16(2)13-26(12-15)20(28)14-24-6-8-25(9-7-24)22(29)18-11-17-4-3-5-19(27(30)31)21(17)23-18/h3-5,11,15-16,23H,6-10,12-14H2,1-2H3/t15-,16-/m1/s1.